The monoisotopic (exact) mass is 334 g/mol. The van der Waals surface area contributed by atoms with Crippen LogP contribution in [0.5, 0.6) is 0 Å². The molecule has 2 heterocycles. The second kappa shape index (κ2) is 6.58. The lowest BCUT2D eigenvalue weighted by atomic mass is 9.97. The van der Waals surface area contributed by atoms with Crippen LogP contribution >= 0.6 is 11.6 Å². The molecule has 0 unspecified atom stereocenters. The Bertz CT molecular complexity index is 708. The van der Waals surface area contributed by atoms with Crippen LogP contribution in [0.1, 0.15) is 36.0 Å². The number of aromatic nitrogens is 2. The average molecular weight is 335 g/mol. The Hall–Kier alpha value is -2.08. The van der Waals surface area contributed by atoms with Crippen LogP contribution in [0.4, 0.5) is 10.5 Å². The van der Waals surface area contributed by atoms with E-state index in [1.165, 1.54) is 0 Å². The van der Waals surface area contributed by atoms with Gasteiger partial charge >= 0.3 is 6.03 Å². The van der Waals surface area contributed by atoms with E-state index >= 15 is 0 Å². The zero-order valence-electron chi connectivity index (χ0n) is 13.2. The van der Waals surface area contributed by atoms with E-state index in [1.54, 1.807) is 4.90 Å². The highest BCUT2D eigenvalue weighted by atomic mass is 35.5. The summed E-state index contributed by atoms with van der Waals surface area (Å²) < 4.78 is 5.23. The molecule has 0 atom stereocenters. The summed E-state index contributed by atoms with van der Waals surface area (Å²) in [5.41, 5.74) is 1.62. The van der Waals surface area contributed by atoms with Gasteiger partial charge in [-0.15, -0.1) is 0 Å². The fourth-order valence-corrected chi connectivity index (χ4v) is 2.92. The van der Waals surface area contributed by atoms with Gasteiger partial charge < -0.3 is 14.7 Å². The Balaban J connectivity index is 1.59. The van der Waals surface area contributed by atoms with Gasteiger partial charge in [0.25, 0.3) is 0 Å². The smallest absolute Gasteiger partial charge is 0.321 e. The summed E-state index contributed by atoms with van der Waals surface area (Å²) in [5, 5.41) is 7.41. The highest BCUT2D eigenvalue weighted by Gasteiger charge is 2.27. The number of aryl methyl sites for hydroxylation is 1. The van der Waals surface area contributed by atoms with Gasteiger partial charge in [-0.1, -0.05) is 22.8 Å². The minimum Gasteiger partial charge on any atom is -0.339 e. The molecule has 1 fully saturated rings. The third-order valence-electron chi connectivity index (χ3n) is 4.18. The molecule has 0 radical (unpaired) electrons. The van der Waals surface area contributed by atoms with Crippen molar-refractivity contribution in [3.05, 3.63) is 40.5 Å². The van der Waals surface area contributed by atoms with Crippen molar-refractivity contribution in [1.82, 2.24) is 15.0 Å². The van der Waals surface area contributed by atoms with Gasteiger partial charge in [0.15, 0.2) is 5.82 Å². The minimum atomic E-state index is -0.101. The maximum Gasteiger partial charge on any atom is 0.321 e. The molecule has 1 aliphatic rings. The van der Waals surface area contributed by atoms with Gasteiger partial charge in [-0.3, -0.25) is 0 Å². The molecule has 2 amide bonds. The standard InChI is InChI=1S/C16H19ClN4O2/c1-10-13(17)4-3-5-14(10)19-16(22)21-8-6-12(7-9-21)15-18-11(2)20-23-15/h3-5,12H,6-9H2,1-2H3,(H,19,22). The molecular weight excluding hydrogens is 316 g/mol. The van der Waals surface area contributed by atoms with Gasteiger partial charge in [0, 0.05) is 29.7 Å². The summed E-state index contributed by atoms with van der Waals surface area (Å²) >= 11 is 6.08. The minimum absolute atomic E-state index is 0.101. The number of anilines is 1. The van der Waals surface area contributed by atoms with Crippen LogP contribution in [0.3, 0.4) is 0 Å². The lowest BCUT2D eigenvalue weighted by Crippen LogP contribution is -2.40. The number of carbonyl (C=O) groups is 1. The number of rotatable bonds is 2. The SMILES string of the molecule is Cc1noc(C2CCN(C(=O)Nc3cccc(Cl)c3C)CC2)n1. The summed E-state index contributed by atoms with van der Waals surface area (Å²) in [5.74, 6) is 1.55. The molecule has 122 valence electrons. The van der Waals surface area contributed by atoms with Gasteiger partial charge in [-0.2, -0.15) is 4.98 Å². The van der Waals surface area contributed by atoms with Crippen LogP contribution < -0.4 is 5.32 Å². The third-order valence-corrected chi connectivity index (χ3v) is 4.59. The first-order valence-corrected chi connectivity index (χ1v) is 8.03. The maximum atomic E-state index is 12.4. The second-order valence-electron chi connectivity index (χ2n) is 5.78. The molecule has 6 nitrogen and oxygen atoms in total. The van der Waals surface area contributed by atoms with E-state index in [9.17, 15) is 4.79 Å². The predicted octanol–water partition coefficient (Wildman–Crippen LogP) is 3.75. The molecule has 1 aliphatic heterocycles. The quantitative estimate of drug-likeness (QED) is 0.907. The molecule has 1 aromatic heterocycles. The molecule has 3 rings (SSSR count). The first kappa shape index (κ1) is 15.8. The van der Waals surface area contributed by atoms with Crippen molar-refractivity contribution in [2.24, 2.45) is 0 Å². The number of benzene rings is 1. The van der Waals surface area contributed by atoms with E-state index in [4.69, 9.17) is 16.1 Å². The molecule has 0 aliphatic carbocycles. The largest absolute Gasteiger partial charge is 0.339 e. The van der Waals surface area contributed by atoms with Gasteiger partial charge in [-0.05, 0) is 44.4 Å². The van der Waals surface area contributed by atoms with Crippen molar-refractivity contribution in [2.75, 3.05) is 18.4 Å². The van der Waals surface area contributed by atoms with E-state index in [1.807, 2.05) is 32.0 Å². The maximum absolute atomic E-state index is 12.4. The Morgan fingerprint density at radius 3 is 2.74 bits per heavy atom. The number of hydrogen-bond donors (Lipinski definition) is 1. The van der Waals surface area contributed by atoms with E-state index in [-0.39, 0.29) is 11.9 Å². The van der Waals surface area contributed by atoms with Gasteiger partial charge in [-0.25, -0.2) is 4.79 Å². The van der Waals surface area contributed by atoms with Crippen LogP contribution in [0.2, 0.25) is 5.02 Å². The third kappa shape index (κ3) is 3.47. The van der Waals surface area contributed by atoms with Crippen LogP contribution in [0.15, 0.2) is 22.7 Å². The summed E-state index contributed by atoms with van der Waals surface area (Å²) in [4.78, 5) is 18.5. The number of carbonyl (C=O) groups excluding carboxylic acids is 1. The zero-order valence-corrected chi connectivity index (χ0v) is 13.9. The fraction of sp³-hybridized carbons (Fsp3) is 0.438. The molecule has 0 bridgehead atoms. The molecular formula is C16H19ClN4O2. The van der Waals surface area contributed by atoms with Crippen LogP contribution in [-0.4, -0.2) is 34.2 Å². The Kier molecular flexibility index (Phi) is 4.52. The van der Waals surface area contributed by atoms with Crippen LogP contribution in [-0.2, 0) is 0 Å². The van der Waals surface area contributed by atoms with Crippen molar-refractivity contribution >= 4 is 23.3 Å². The molecule has 23 heavy (non-hydrogen) atoms. The van der Waals surface area contributed by atoms with Crippen LogP contribution in [0.25, 0.3) is 0 Å². The number of nitrogens with zero attached hydrogens (tertiary/aromatic N) is 3. The van der Waals surface area contributed by atoms with E-state index < -0.39 is 0 Å². The first-order valence-electron chi connectivity index (χ1n) is 7.66. The molecule has 1 aromatic carbocycles. The van der Waals surface area contributed by atoms with Crippen molar-refractivity contribution < 1.29 is 9.32 Å². The summed E-state index contributed by atoms with van der Waals surface area (Å²) in [7, 11) is 0. The van der Waals surface area contributed by atoms with Gasteiger partial charge in [0.05, 0.1) is 0 Å². The number of nitrogens with one attached hydrogen (secondary N) is 1. The fourth-order valence-electron chi connectivity index (χ4n) is 2.75. The Morgan fingerprint density at radius 2 is 2.09 bits per heavy atom. The van der Waals surface area contributed by atoms with Gasteiger partial charge in [0.1, 0.15) is 0 Å². The molecule has 2 aromatic rings. The predicted molar refractivity (Wildman–Crippen MR) is 87.8 cm³/mol. The Labute approximate surface area is 139 Å². The number of urea groups is 1. The summed E-state index contributed by atoms with van der Waals surface area (Å²) in [6, 6.07) is 5.39. The van der Waals surface area contributed by atoms with E-state index in [2.05, 4.69) is 15.5 Å². The molecule has 1 saturated heterocycles. The molecule has 0 spiro atoms. The molecule has 0 saturated carbocycles. The Morgan fingerprint density at radius 1 is 1.35 bits per heavy atom. The average Bonchev–Trinajstić information content (AvgIpc) is 2.98. The topological polar surface area (TPSA) is 71.3 Å². The highest BCUT2D eigenvalue weighted by molar-refractivity contribution is 6.31. The number of halogens is 1. The van der Waals surface area contributed by atoms with Crippen molar-refractivity contribution in [1.29, 1.82) is 0 Å². The molecule has 1 N–H and O–H groups in total. The van der Waals surface area contributed by atoms with Crippen molar-refractivity contribution in [2.45, 2.75) is 32.6 Å². The highest BCUT2D eigenvalue weighted by Crippen LogP contribution is 2.28. The number of amides is 2. The van der Waals surface area contributed by atoms with Crippen molar-refractivity contribution in [3.63, 3.8) is 0 Å². The number of hydrogen-bond acceptors (Lipinski definition) is 4. The summed E-state index contributed by atoms with van der Waals surface area (Å²) in [6.45, 7) is 5.03. The van der Waals surface area contributed by atoms with E-state index in [0.29, 0.717) is 29.8 Å². The first-order chi connectivity index (χ1) is 11.0. The summed E-state index contributed by atoms with van der Waals surface area (Å²) in [6.07, 6.45) is 1.65. The molecule has 7 heteroatoms. The van der Waals surface area contributed by atoms with Gasteiger partial charge in [0.2, 0.25) is 5.89 Å². The lowest BCUT2D eigenvalue weighted by molar-refractivity contribution is 0.187. The normalized spacial score (nSPS) is 15.7. The lowest BCUT2D eigenvalue weighted by Gasteiger charge is -2.30. The van der Waals surface area contributed by atoms with Crippen molar-refractivity contribution in [3.8, 4) is 0 Å². The number of piperidine rings is 1. The van der Waals surface area contributed by atoms with E-state index in [0.717, 1.165) is 24.1 Å². The number of likely N-dealkylation sites (tertiary alicyclic amines) is 1. The van der Waals surface area contributed by atoms with Crippen LogP contribution in [0, 0.1) is 13.8 Å². The second-order valence-corrected chi connectivity index (χ2v) is 6.19. The zero-order chi connectivity index (χ0) is 16.4.